The van der Waals surface area contributed by atoms with Gasteiger partial charge in [-0.3, -0.25) is 4.68 Å². The van der Waals surface area contributed by atoms with Gasteiger partial charge in [0.05, 0.1) is 5.69 Å². The Labute approximate surface area is 88.8 Å². The Balaban J connectivity index is 2.07. The van der Waals surface area contributed by atoms with Gasteiger partial charge in [-0.15, -0.1) is 0 Å². The van der Waals surface area contributed by atoms with Crippen molar-refractivity contribution in [3.8, 4) is 0 Å². The molecule has 0 radical (unpaired) electrons. The number of nitrogens with one attached hydrogen (secondary N) is 1. The molecule has 0 spiro atoms. The summed E-state index contributed by atoms with van der Waals surface area (Å²) in [6, 6.07) is 1.97. The quantitative estimate of drug-likeness (QED) is 0.204. The average molecular weight is 211 g/mol. The Morgan fingerprint density at radius 2 is 2.53 bits per heavy atom. The van der Waals surface area contributed by atoms with E-state index in [4.69, 9.17) is 10.9 Å². The molecule has 0 aliphatic carbocycles. The molecule has 0 fully saturated rings. The Hall–Kier alpha value is -1.56. The van der Waals surface area contributed by atoms with Crippen LogP contribution < -0.4 is 11.1 Å². The lowest BCUT2D eigenvalue weighted by molar-refractivity contribution is 0.316. The summed E-state index contributed by atoms with van der Waals surface area (Å²) < 4.78 is 1.77. The van der Waals surface area contributed by atoms with E-state index >= 15 is 0 Å². The van der Waals surface area contributed by atoms with Crippen LogP contribution in [0.1, 0.15) is 18.5 Å². The third-order valence-corrected chi connectivity index (χ3v) is 1.99. The Morgan fingerprint density at radius 1 is 1.73 bits per heavy atom. The van der Waals surface area contributed by atoms with Crippen molar-refractivity contribution in [2.24, 2.45) is 17.9 Å². The second-order valence-electron chi connectivity index (χ2n) is 3.35. The fraction of sp³-hybridized carbons (Fsp3) is 0.556. The van der Waals surface area contributed by atoms with E-state index in [-0.39, 0.29) is 5.84 Å². The number of nitrogens with zero attached hydrogens (tertiary/aromatic N) is 3. The molecule has 6 heteroatoms. The van der Waals surface area contributed by atoms with Gasteiger partial charge in [0.25, 0.3) is 0 Å². The highest BCUT2D eigenvalue weighted by molar-refractivity contribution is 5.79. The molecule has 0 aliphatic heterocycles. The number of aromatic nitrogens is 2. The van der Waals surface area contributed by atoms with Crippen LogP contribution >= 0.6 is 0 Å². The highest BCUT2D eigenvalue weighted by atomic mass is 16.4. The second-order valence-corrected chi connectivity index (χ2v) is 3.35. The Kier molecular flexibility index (Phi) is 4.62. The summed E-state index contributed by atoms with van der Waals surface area (Å²) in [5.41, 5.74) is 6.34. The summed E-state index contributed by atoms with van der Waals surface area (Å²) in [4.78, 5) is 0. The zero-order valence-corrected chi connectivity index (χ0v) is 8.85. The number of nitrogens with two attached hydrogens (primary N) is 1. The SMILES string of the molecule is Cn1ccc(CNCCC/C(N)=N/O)n1. The van der Waals surface area contributed by atoms with Crippen molar-refractivity contribution >= 4 is 5.84 Å². The molecule has 0 amide bonds. The second kappa shape index (κ2) is 6.02. The summed E-state index contributed by atoms with van der Waals surface area (Å²) >= 11 is 0. The fourth-order valence-corrected chi connectivity index (χ4v) is 1.22. The number of hydrogen-bond donors (Lipinski definition) is 3. The number of amidine groups is 1. The molecule has 6 nitrogen and oxygen atoms in total. The smallest absolute Gasteiger partial charge is 0.139 e. The first-order chi connectivity index (χ1) is 7.22. The minimum Gasteiger partial charge on any atom is -0.409 e. The minimum absolute atomic E-state index is 0.273. The normalized spacial score (nSPS) is 11.9. The molecular weight excluding hydrogens is 194 g/mol. The van der Waals surface area contributed by atoms with Gasteiger partial charge in [0.2, 0.25) is 0 Å². The molecule has 1 rings (SSSR count). The van der Waals surface area contributed by atoms with Gasteiger partial charge < -0.3 is 16.3 Å². The van der Waals surface area contributed by atoms with E-state index < -0.39 is 0 Å². The molecule has 1 aromatic heterocycles. The van der Waals surface area contributed by atoms with Crippen LogP contribution in [0.25, 0.3) is 0 Å². The maximum absolute atomic E-state index is 8.30. The van der Waals surface area contributed by atoms with Crippen LogP contribution in [0.4, 0.5) is 0 Å². The minimum atomic E-state index is 0.273. The van der Waals surface area contributed by atoms with E-state index in [1.54, 1.807) is 4.68 Å². The molecule has 1 heterocycles. The third-order valence-electron chi connectivity index (χ3n) is 1.99. The standard InChI is InChI=1S/C9H17N5O/c1-14-6-4-8(12-14)7-11-5-2-3-9(10)13-15/h4,6,11,15H,2-3,5,7H2,1H3,(H2,10,13). The largest absolute Gasteiger partial charge is 0.409 e. The maximum atomic E-state index is 8.30. The molecule has 0 bridgehead atoms. The molecule has 0 aromatic carbocycles. The van der Waals surface area contributed by atoms with Crippen LogP contribution in [0.15, 0.2) is 17.4 Å². The number of hydrogen-bond acceptors (Lipinski definition) is 4. The van der Waals surface area contributed by atoms with Crippen LogP contribution in [-0.2, 0) is 13.6 Å². The molecule has 1 aromatic rings. The van der Waals surface area contributed by atoms with Crippen LogP contribution in [-0.4, -0.2) is 27.4 Å². The number of aryl methyl sites for hydroxylation is 1. The van der Waals surface area contributed by atoms with Crippen LogP contribution in [0.2, 0.25) is 0 Å². The van der Waals surface area contributed by atoms with Crippen LogP contribution in [0, 0.1) is 0 Å². The van der Waals surface area contributed by atoms with Gasteiger partial charge in [0.15, 0.2) is 0 Å². The summed E-state index contributed by atoms with van der Waals surface area (Å²) in [5, 5.41) is 18.7. The van der Waals surface area contributed by atoms with Crippen molar-refractivity contribution in [1.82, 2.24) is 15.1 Å². The van der Waals surface area contributed by atoms with Gasteiger partial charge in [0, 0.05) is 26.2 Å². The predicted octanol–water partition coefficient (Wildman–Crippen LogP) is 0.0363. The molecule has 0 saturated carbocycles. The summed E-state index contributed by atoms with van der Waals surface area (Å²) in [5.74, 6) is 0.273. The van der Waals surface area contributed by atoms with Gasteiger partial charge in [-0.05, 0) is 19.0 Å². The van der Waals surface area contributed by atoms with E-state index in [2.05, 4.69) is 15.6 Å². The topological polar surface area (TPSA) is 88.5 Å². The van der Waals surface area contributed by atoms with Gasteiger partial charge in [0.1, 0.15) is 5.84 Å². The van der Waals surface area contributed by atoms with E-state index in [0.717, 1.165) is 25.2 Å². The van der Waals surface area contributed by atoms with Gasteiger partial charge >= 0.3 is 0 Å². The monoisotopic (exact) mass is 211 g/mol. The zero-order chi connectivity index (χ0) is 11.1. The summed E-state index contributed by atoms with van der Waals surface area (Å²) in [6.07, 6.45) is 3.36. The number of rotatable bonds is 6. The van der Waals surface area contributed by atoms with Crippen molar-refractivity contribution in [2.75, 3.05) is 6.54 Å². The first kappa shape index (κ1) is 11.5. The van der Waals surface area contributed by atoms with Crippen LogP contribution in [0.3, 0.4) is 0 Å². The van der Waals surface area contributed by atoms with E-state index in [1.807, 2.05) is 19.3 Å². The lowest BCUT2D eigenvalue weighted by atomic mass is 10.3. The van der Waals surface area contributed by atoms with Crippen molar-refractivity contribution in [3.63, 3.8) is 0 Å². The van der Waals surface area contributed by atoms with Crippen LogP contribution in [0.5, 0.6) is 0 Å². The molecular formula is C9H17N5O. The Bertz CT molecular complexity index is 320. The molecule has 0 atom stereocenters. The predicted molar refractivity (Wildman–Crippen MR) is 57.6 cm³/mol. The molecule has 15 heavy (non-hydrogen) atoms. The molecule has 84 valence electrons. The molecule has 0 aliphatic rings. The highest BCUT2D eigenvalue weighted by Gasteiger charge is 1.96. The molecule has 0 saturated heterocycles. The Morgan fingerprint density at radius 3 is 3.13 bits per heavy atom. The lowest BCUT2D eigenvalue weighted by Gasteiger charge is -2.01. The average Bonchev–Trinajstić information content (AvgIpc) is 2.63. The fourth-order valence-electron chi connectivity index (χ4n) is 1.22. The maximum Gasteiger partial charge on any atom is 0.139 e. The van der Waals surface area contributed by atoms with Gasteiger partial charge in [-0.2, -0.15) is 5.10 Å². The molecule has 4 N–H and O–H groups in total. The highest BCUT2D eigenvalue weighted by Crippen LogP contribution is 1.93. The lowest BCUT2D eigenvalue weighted by Crippen LogP contribution is -2.18. The van der Waals surface area contributed by atoms with E-state index in [0.29, 0.717) is 6.42 Å². The van der Waals surface area contributed by atoms with Crippen molar-refractivity contribution in [1.29, 1.82) is 0 Å². The first-order valence-corrected chi connectivity index (χ1v) is 4.88. The zero-order valence-electron chi connectivity index (χ0n) is 8.85. The van der Waals surface area contributed by atoms with Crippen molar-refractivity contribution < 1.29 is 5.21 Å². The van der Waals surface area contributed by atoms with Crippen molar-refractivity contribution in [2.45, 2.75) is 19.4 Å². The first-order valence-electron chi connectivity index (χ1n) is 4.88. The summed E-state index contributed by atoms with van der Waals surface area (Å²) in [7, 11) is 1.89. The third kappa shape index (κ3) is 4.46. The number of oxime groups is 1. The van der Waals surface area contributed by atoms with Gasteiger partial charge in [-0.1, -0.05) is 5.16 Å². The van der Waals surface area contributed by atoms with Gasteiger partial charge in [-0.25, -0.2) is 0 Å². The molecule has 0 unspecified atom stereocenters. The van der Waals surface area contributed by atoms with Crippen molar-refractivity contribution in [3.05, 3.63) is 18.0 Å². The van der Waals surface area contributed by atoms with E-state index in [1.165, 1.54) is 0 Å². The van der Waals surface area contributed by atoms with E-state index in [9.17, 15) is 0 Å². The summed E-state index contributed by atoms with van der Waals surface area (Å²) in [6.45, 7) is 1.57.